The molecule has 0 spiro atoms. The molecule has 1 heterocycles. The topological polar surface area (TPSA) is 55.6 Å². The molecule has 0 radical (unpaired) electrons. The molecular formula is C16H24ClFN2O2. The molecule has 0 unspecified atom stereocenters. The highest BCUT2D eigenvalue weighted by atomic mass is 35.5. The Morgan fingerprint density at radius 3 is 2.32 bits per heavy atom. The Hall–Kier alpha value is -1.33. The summed E-state index contributed by atoms with van der Waals surface area (Å²) in [5.74, 6) is 0.557. The van der Waals surface area contributed by atoms with E-state index in [1.807, 2.05) is 18.7 Å². The zero-order valence-electron chi connectivity index (χ0n) is 13.0. The molecule has 0 saturated carbocycles. The summed E-state index contributed by atoms with van der Waals surface area (Å²) >= 11 is 0. The van der Waals surface area contributed by atoms with Gasteiger partial charge in [0, 0.05) is 25.9 Å². The van der Waals surface area contributed by atoms with Crippen molar-refractivity contribution in [2.75, 3.05) is 13.1 Å². The van der Waals surface area contributed by atoms with E-state index < -0.39 is 6.04 Å². The summed E-state index contributed by atoms with van der Waals surface area (Å²) in [7, 11) is 0. The van der Waals surface area contributed by atoms with Crippen molar-refractivity contribution < 1.29 is 13.9 Å². The number of carbonyl (C=O) groups is 1. The van der Waals surface area contributed by atoms with Crippen LogP contribution in [0.3, 0.4) is 0 Å². The third-order valence-corrected chi connectivity index (χ3v) is 3.87. The summed E-state index contributed by atoms with van der Waals surface area (Å²) in [6.45, 7) is 5.22. The molecule has 4 nitrogen and oxygen atoms in total. The fourth-order valence-corrected chi connectivity index (χ4v) is 2.40. The van der Waals surface area contributed by atoms with Gasteiger partial charge >= 0.3 is 0 Å². The third kappa shape index (κ3) is 4.85. The van der Waals surface area contributed by atoms with Crippen molar-refractivity contribution >= 4 is 18.3 Å². The van der Waals surface area contributed by atoms with E-state index >= 15 is 0 Å². The van der Waals surface area contributed by atoms with Crippen LogP contribution in [0.25, 0.3) is 0 Å². The van der Waals surface area contributed by atoms with E-state index in [1.165, 1.54) is 12.1 Å². The Labute approximate surface area is 137 Å². The number of piperidine rings is 1. The lowest BCUT2D eigenvalue weighted by atomic mass is 10.0. The van der Waals surface area contributed by atoms with E-state index in [0.717, 1.165) is 12.8 Å². The Bertz CT molecular complexity index is 474. The first-order valence-corrected chi connectivity index (χ1v) is 7.44. The average molecular weight is 331 g/mol. The van der Waals surface area contributed by atoms with Crippen molar-refractivity contribution in [3.63, 3.8) is 0 Å². The zero-order chi connectivity index (χ0) is 15.4. The number of halogens is 2. The average Bonchev–Trinajstić information content (AvgIpc) is 2.49. The van der Waals surface area contributed by atoms with Crippen LogP contribution in [-0.2, 0) is 4.79 Å². The number of ether oxygens (including phenoxy) is 1. The molecule has 124 valence electrons. The lowest BCUT2D eigenvalue weighted by Crippen LogP contribution is -2.50. The molecule has 1 fully saturated rings. The number of benzene rings is 1. The molecule has 1 amide bonds. The molecule has 2 rings (SSSR count). The predicted molar refractivity (Wildman–Crippen MR) is 86.7 cm³/mol. The van der Waals surface area contributed by atoms with Gasteiger partial charge in [-0.2, -0.15) is 0 Å². The van der Waals surface area contributed by atoms with E-state index in [9.17, 15) is 9.18 Å². The van der Waals surface area contributed by atoms with Gasteiger partial charge in [-0.3, -0.25) is 4.79 Å². The maximum Gasteiger partial charge on any atom is 0.239 e. The highest BCUT2D eigenvalue weighted by Crippen LogP contribution is 2.20. The second kappa shape index (κ2) is 8.34. The van der Waals surface area contributed by atoms with Crippen LogP contribution in [0.5, 0.6) is 5.75 Å². The molecule has 1 aliphatic heterocycles. The van der Waals surface area contributed by atoms with Gasteiger partial charge in [0.25, 0.3) is 0 Å². The molecule has 2 N–H and O–H groups in total. The van der Waals surface area contributed by atoms with Gasteiger partial charge in [0.2, 0.25) is 5.91 Å². The third-order valence-electron chi connectivity index (χ3n) is 3.87. The molecule has 1 atom stereocenters. The van der Waals surface area contributed by atoms with Crippen LogP contribution in [-0.4, -0.2) is 36.0 Å². The fraction of sp³-hybridized carbons (Fsp3) is 0.562. The predicted octanol–water partition coefficient (Wildman–Crippen LogP) is 2.60. The minimum Gasteiger partial charge on any atom is -0.490 e. The van der Waals surface area contributed by atoms with Crippen molar-refractivity contribution in [1.29, 1.82) is 0 Å². The first kappa shape index (κ1) is 18.7. The van der Waals surface area contributed by atoms with E-state index in [-0.39, 0.29) is 36.2 Å². The summed E-state index contributed by atoms with van der Waals surface area (Å²) in [6, 6.07) is 5.59. The van der Waals surface area contributed by atoms with Crippen LogP contribution in [0.1, 0.15) is 26.7 Å². The summed E-state index contributed by atoms with van der Waals surface area (Å²) < 4.78 is 18.6. The van der Waals surface area contributed by atoms with Gasteiger partial charge in [-0.25, -0.2) is 4.39 Å². The van der Waals surface area contributed by atoms with E-state index in [4.69, 9.17) is 10.5 Å². The number of hydrogen-bond donors (Lipinski definition) is 1. The van der Waals surface area contributed by atoms with Gasteiger partial charge < -0.3 is 15.4 Å². The number of nitrogens with two attached hydrogens (primary N) is 1. The number of nitrogens with zero attached hydrogens (tertiary/aromatic N) is 1. The zero-order valence-corrected chi connectivity index (χ0v) is 13.8. The number of carbonyl (C=O) groups excluding carboxylic acids is 1. The quantitative estimate of drug-likeness (QED) is 0.923. The van der Waals surface area contributed by atoms with E-state index in [2.05, 4.69) is 0 Å². The van der Waals surface area contributed by atoms with Crippen molar-refractivity contribution in [2.24, 2.45) is 11.7 Å². The highest BCUT2D eigenvalue weighted by molar-refractivity contribution is 5.85. The highest BCUT2D eigenvalue weighted by Gasteiger charge is 2.28. The fourth-order valence-electron chi connectivity index (χ4n) is 2.40. The number of rotatable bonds is 4. The first-order valence-electron chi connectivity index (χ1n) is 7.44. The van der Waals surface area contributed by atoms with Crippen LogP contribution in [0, 0.1) is 11.7 Å². The van der Waals surface area contributed by atoms with Gasteiger partial charge in [-0.1, -0.05) is 13.8 Å². The van der Waals surface area contributed by atoms with Crippen molar-refractivity contribution in [3.8, 4) is 5.75 Å². The van der Waals surface area contributed by atoms with Gasteiger partial charge in [-0.15, -0.1) is 12.4 Å². The van der Waals surface area contributed by atoms with Gasteiger partial charge in [0.05, 0.1) is 6.04 Å². The molecule has 0 aliphatic carbocycles. The number of amides is 1. The number of likely N-dealkylation sites (tertiary alicyclic amines) is 1. The lowest BCUT2D eigenvalue weighted by molar-refractivity contribution is -0.135. The normalized spacial score (nSPS) is 17.0. The van der Waals surface area contributed by atoms with Crippen LogP contribution in [0.4, 0.5) is 4.39 Å². The van der Waals surface area contributed by atoms with Crippen LogP contribution in [0.15, 0.2) is 24.3 Å². The monoisotopic (exact) mass is 330 g/mol. The molecule has 0 aromatic heterocycles. The SMILES string of the molecule is CC(C)[C@H](N)C(=O)N1CCC(Oc2ccc(F)cc2)CC1.Cl. The molecule has 1 aliphatic rings. The van der Waals surface area contributed by atoms with Crippen LogP contribution < -0.4 is 10.5 Å². The van der Waals surface area contributed by atoms with Crippen LogP contribution in [0.2, 0.25) is 0 Å². The molecule has 6 heteroatoms. The maximum absolute atomic E-state index is 12.8. The van der Waals surface area contributed by atoms with E-state index in [0.29, 0.717) is 18.8 Å². The summed E-state index contributed by atoms with van der Waals surface area (Å²) in [5, 5.41) is 0. The van der Waals surface area contributed by atoms with Crippen LogP contribution >= 0.6 is 12.4 Å². The van der Waals surface area contributed by atoms with E-state index in [1.54, 1.807) is 12.1 Å². The Kier molecular flexibility index (Phi) is 7.10. The largest absolute Gasteiger partial charge is 0.490 e. The van der Waals surface area contributed by atoms with Gasteiger partial charge in [0.15, 0.2) is 0 Å². The molecular weight excluding hydrogens is 307 g/mol. The smallest absolute Gasteiger partial charge is 0.239 e. The first-order chi connectivity index (χ1) is 9.97. The molecule has 1 aromatic rings. The Morgan fingerprint density at radius 1 is 1.27 bits per heavy atom. The van der Waals surface area contributed by atoms with Gasteiger partial charge in [0.1, 0.15) is 17.7 Å². The van der Waals surface area contributed by atoms with Crippen molar-refractivity contribution in [1.82, 2.24) is 4.90 Å². The molecule has 0 bridgehead atoms. The second-order valence-corrected chi connectivity index (χ2v) is 5.87. The Morgan fingerprint density at radius 2 is 1.82 bits per heavy atom. The second-order valence-electron chi connectivity index (χ2n) is 5.87. The molecule has 1 saturated heterocycles. The molecule has 1 aromatic carbocycles. The van der Waals surface area contributed by atoms with Gasteiger partial charge in [-0.05, 0) is 30.2 Å². The summed E-state index contributed by atoms with van der Waals surface area (Å²) in [5.41, 5.74) is 5.91. The minimum absolute atomic E-state index is 0. The standard InChI is InChI=1S/C16H23FN2O2.ClH/c1-11(2)15(18)16(20)19-9-7-14(8-10-19)21-13-5-3-12(17)4-6-13;/h3-6,11,14-15H,7-10,18H2,1-2H3;1H/t15-;/m0./s1. The Balaban J connectivity index is 0.00000242. The minimum atomic E-state index is -0.431. The van der Waals surface area contributed by atoms with Crippen molar-refractivity contribution in [2.45, 2.75) is 38.8 Å². The van der Waals surface area contributed by atoms with Crippen molar-refractivity contribution in [3.05, 3.63) is 30.1 Å². The summed E-state index contributed by atoms with van der Waals surface area (Å²) in [6.07, 6.45) is 1.61. The maximum atomic E-state index is 12.8. The summed E-state index contributed by atoms with van der Waals surface area (Å²) in [4.78, 5) is 14.0. The number of hydrogen-bond acceptors (Lipinski definition) is 3. The lowest BCUT2D eigenvalue weighted by Gasteiger charge is -2.34. The molecule has 22 heavy (non-hydrogen) atoms.